The van der Waals surface area contributed by atoms with Gasteiger partial charge in [-0.2, -0.15) is 0 Å². The van der Waals surface area contributed by atoms with E-state index in [0.29, 0.717) is 17.5 Å². The Morgan fingerprint density at radius 2 is 0.821 bits per heavy atom. The van der Waals surface area contributed by atoms with Crippen molar-refractivity contribution in [2.75, 3.05) is 0 Å². The van der Waals surface area contributed by atoms with Gasteiger partial charge in [-0.3, -0.25) is 4.98 Å². The Hall–Kier alpha value is -7.50. The minimum Gasteiger partial charge on any atom is -0.457 e. The first-order valence-corrected chi connectivity index (χ1v) is 18.8. The van der Waals surface area contributed by atoms with Crippen LogP contribution in [0, 0.1) is 0 Å². The first-order valence-electron chi connectivity index (χ1n) is 18.8. The number of rotatable bonds is 5. The standard InChI is InChI=1S/C51H32N4O/c1-3-16-33(17-4-1)48-53-49(34-18-5-2-6-19-34)55-50(54-48)36-21-13-20-35(32-36)37-22-14-26-41-46(37)47-38(43-28-11-12-31-52-43)23-15-27-42(47)51(41)39-24-7-9-29-44(39)56-45-30-10-8-25-40(45)51/h1-32H. The molecule has 0 unspecified atom stereocenters. The van der Waals surface area contributed by atoms with Crippen LogP contribution in [-0.4, -0.2) is 19.9 Å². The van der Waals surface area contributed by atoms with Crippen LogP contribution in [0.4, 0.5) is 0 Å². The minimum atomic E-state index is -0.627. The van der Waals surface area contributed by atoms with Crippen LogP contribution < -0.4 is 4.74 Å². The maximum atomic E-state index is 6.64. The number of hydrogen-bond acceptors (Lipinski definition) is 5. The molecule has 7 aromatic carbocycles. The van der Waals surface area contributed by atoms with Gasteiger partial charge in [0.2, 0.25) is 0 Å². The number of ether oxygens (including phenoxy) is 1. The van der Waals surface area contributed by atoms with Gasteiger partial charge in [0, 0.05) is 39.6 Å². The van der Waals surface area contributed by atoms with Crippen LogP contribution in [0.1, 0.15) is 22.3 Å². The minimum absolute atomic E-state index is 0.616. The van der Waals surface area contributed by atoms with Crippen LogP contribution in [-0.2, 0) is 5.41 Å². The highest BCUT2D eigenvalue weighted by molar-refractivity contribution is 6.02. The molecule has 5 nitrogen and oxygen atoms in total. The molecule has 1 aliphatic carbocycles. The van der Waals surface area contributed by atoms with Gasteiger partial charge in [0.15, 0.2) is 17.5 Å². The van der Waals surface area contributed by atoms with Crippen molar-refractivity contribution in [1.29, 1.82) is 0 Å². The predicted octanol–water partition coefficient (Wildman–Crippen LogP) is 12.1. The van der Waals surface area contributed by atoms with E-state index < -0.39 is 5.41 Å². The van der Waals surface area contributed by atoms with Crippen LogP contribution in [0.25, 0.3) is 67.7 Å². The second-order valence-corrected chi connectivity index (χ2v) is 14.1. The second kappa shape index (κ2) is 12.8. The van der Waals surface area contributed by atoms with Crippen molar-refractivity contribution in [2.24, 2.45) is 0 Å². The largest absolute Gasteiger partial charge is 0.457 e. The zero-order valence-electron chi connectivity index (χ0n) is 30.2. The van der Waals surface area contributed by atoms with Gasteiger partial charge >= 0.3 is 0 Å². The Balaban J connectivity index is 1.18. The number of aromatic nitrogens is 4. The van der Waals surface area contributed by atoms with Crippen molar-refractivity contribution in [3.63, 3.8) is 0 Å². The summed E-state index contributed by atoms with van der Waals surface area (Å²) in [7, 11) is 0. The summed E-state index contributed by atoms with van der Waals surface area (Å²) in [4.78, 5) is 20.0. The zero-order chi connectivity index (χ0) is 37.1. The maximum Gasteiger partial charge on any atom is 0.164 e. The molecule has 0 atom stereocenters. The number of fused-ring (bicyclic) bond motifs is 9. The van der Waals surface area contributed by atoms with Crippen LogP contribution in [0.5, 0.6) is 11.5 Å². The molecule has 1 spiro atoms. The van der Waals surface area contributed by atoms with Crippen LogP contribution >= 0.6 is 0 Å². The van der Waals surface area contributed by atoms with Crippen molar-refractivity contribution in [2.45, 2.75) is 5.41 Å². The summed E-state index contributed by atoms with van der Waals surface area (Å²) in [6, 6.07) is 65.3. The fraction of sp³-hybridized carbons (Fsp3) is 0.0196. The first-order chi connectivity index (χ1) is 27.8. The van der Waals surface area contributed by atoms with Gasteiger partial charge in [-0.25, -0.2) is 15.0 Å². The topological polar surface area (TPSA) is 60.8 Å². The zero-order valence-corrected chi connectivity index (χ0v) is 30.2. The fourth-order valence-corrected chi connectivity index (χ4v) is 8.73. The SMILES string of the molecule is c1ccc(-c2nc(-c3ccccc3)nc(-c3cccc(-c4cccc5c4-c4c(-c6ccccn6)cccc4C54c5ccccc5Oc5ccccc54)c3)n2)cc1. The Bertz CT molecular complexity index is 2840. The van der Waals surface area contributed by atoms with Gasteiger partial charge in [0.1, 0.15) is 11.5 Å². The van der Waals surface area contributed by atoms with E-state index in [-0.39, 0.29) is 0 Å². The molecule has 0 saturated carbocycles. The monoisotopic (exact) mass is 716 g/mol. The molecule has 0 N–H and O–H groups in total. The number of pyridine rings is 1. The lowest BCUT2D eigenvalue weighted by molar-refractivity contribution is 0.436. The second-order valence-electron chi connectivity index (χ2n) is 14.1. The number of para-hydroxylation sites is 2. The highest BCUT2D eigenvalue weighted by atomic mass is 16.5. The third-order valence-corrected chi connectivity index (χ3v) is 11.1. The van der Waals surface area contributed by atoms with Crippen LogP contribution in [0.3, 0.4) is 0 Å². The molecule has 1 aliphatic heterocycles. The summed E-state index contributed by atoms with van der Waals surface area (Å²) in [5, 5.41) is 0. The average Bonchev–Trinajstić information content (AvgIpc) is 3.58. The van der Waals surface area contributed by atoms with Crippen molar-refractivity contribution in [3.05, 3.63) is 217 Å². The molecule has 2 aromatic heterocycles. The van der Waals surface area contributed by atoms with Gasteiger partial charge in [-0.05, 0) is 63.7 Å². The summed E-state index contributed by atoms with van der Waals surface area (Å²) < 4.78 is 6.64. The summed E-state index contributed by atoms with van der Waals surface area (Å²) in [5.74, 6) is 3.60. The van der Waals surface area contributed by atoms with Gasteiger partial charge < -0.3 is 4.74 Å². The first kappa shape index (κ1) is 32.0. The predicted molar refractivity (Wildman–Crippen MR) is 222 cm³/mol. The van der Waals surface area contributed by atoms with Gasteiger partial charge in [-0.1, -0.05) is 158 Å². The summed E-state index contributed by atoms with van der Waals surface area (Å²) in [6.45, 7) is 0. The van der Waals surface area contributed by atoms with E-state index in [1.807, 2.05) is 72.9 Å². The van der Waals surface area contributed by atoms with E-state index in [4.69, 9.17) is 24.7 Å². The normalized spacial score (nSPS) is 12.9. The molecule has 5 heteroatoms. The lowest BCUT2D eigenvalue weighted by atomic mass is 9.66. The highest BCUT2D eigenvalue weighted by Crippen LogP contribution is 2.64. The molecule has 9 aromatic rings. The number of nitrogens with zero attached hydrogens (tertiary/aromatic N) is 4. The Labute approximate surface area is 324 Å². The molecule has 0 bridgehead atoms. The number of benzene rings is 7. The quantitative estimate of drug-likeness (QED) is 0.177. The molecule has 0 fully saturated rings. The molecule has 3 heterocycles. The van der Waals surface area contributed by atoms with Gasteiger partial charge in [0.05, 0.1) is 11.1 Å². The molecule has 56 heavy (non-hydrogen) atoms. The smallest absolute Gasteiger partial charge is 0.164 e. The van der Waals surface area contributed by atoms with E-state index in [0.717, 1.165) is 61.7 Å². The van der Waals surface area contributed by atoms with Crippen molar-refractivity contribution >= 4 is 0 Å². The van der Waals surface area contributed by atoms with Crippen molar-refractivity contribution < 1.29 is 4.74 Å². The van der Waals surface area contributed by atoms with E-state index in [2.05, 4.69) is 121 Å². The third-order valence-electron chi connectivity index (χ3n) is 11.1. The molecule has 11 rings (SSSR count). The van der Waals surface area contributed by atoms with Crippen LogP contribution in [0.2, 0.25) is 0 Å². The lowest BCUT2D eigenvalue weighted by Gasteiger charge is -2.39. The molecule has 0 radical (unpaired) electrons. The van der Waals surface area contributed by atoms with Gasteiger partial charge in [-0.15, -0.1) is 0 Å². The van der Waals surface area contributed by atoms with Gasteiger partial charge in [0.25, 0.3) is 0 Å². The molecular weight excluding hydrogens is 685 g/mol. The highest BCUT2D eigenvalue weighted by Gasteiger charge is 2.52. The summed E-state index contributed by atoms with van der Waals surface area (Å²) in [6.07, 6.45) is 1.87. The van der Waals surface area contributed by atoms with E-state index in [9.17, 15) is 0 Å². The van der Waals surface area contributed by atoms with Crippen molar-refractivity contribution in [3.8, 4) is 79.2 Å². The summed E-state index contributed by atoms with van der Waals surface area (Å²) in [5.41, 5.74) is 13.4. The van der Waals surface area contributed by atoms with E-state index in [1.165, 1.54) is 22.3 Å². The van der Waals surface area contributed by atoms with Crippen LogP contribution in [0.15, 0.2) is 194 Å². The molecule has 0 amide bonds. The third kappa shape index (κ3) is 4.88. The summed E-state index contributed by atoms with van der Waals surface area (Å²) >= 11 is 0. The van der Waals surface area contributed by atoms with Crippen molar-refractivity contribution in [1.82, 2.24) is 19.9 Å². The maximum absolute atomic E-state index is 6.64. The average molecular weight is 717 g/mol. The fourth-order valence-electron chi connectivity index (χ4n) is 8.73. The Morgan fingerprint density at radius 3 is 1.43 bits per heavy atom. The molecule has 2 aliphatic rings. The lowest BCUT2D eigenvalue weighted by Crippen LogP contribution is -2.32. The Kier molecular flexibility index (Phi) is 7.32. The molecule has 0 saturated heterocycles. The Morgan fingerprint density at radius 1 is 0.357 bits per heavy atom. The van der Waals surface area contributed by atoms with E-state index in [1.54, 1.807) is 0 Å². The number of hydrogen-bond donors (Lipinski definition) is 0. The molecule has 262 valence electrons. The van der Waals surface area contributed by atoms with E-state index >= 15 is 0 Å². The molecular formula is C51H32N4O.